The Balaban J connectivity index is 0.000000191. The lowest BCUT2D eigenvalue weighted by Crippen LogP contribution is -3.00. The maximum atomic E-state index is 14.1. The number of fused-ring (bicyclic) bond motifs is 7. The molecule has 0 fully saturated rings. The number of benzene rings is 7. The molecular formula is C86H100BF4N12O12PS2. The number of para-hydroxylation sites is 3. The van der Waals surface area contributed by atoms with E-state index in [1.165, 1.54) is 50.7 Å². The van der Waals surface area contributed by atoms with E-state index < -0.39 is 27.2 Å². The Hall–Kier alpha value is -10.6. The van der Waals surface area contributed by atoms with Crippen LogP contribution in [0, 0.1) is 0 Å². The van der Waals surface area contributed by atoms with Gasteiger partial charge in [0, 0.05) is 124 Å². The number of hydrogen-bond donors (Lipinski definition) is 3. The first-order valence-corrected chi connectivity index (χ1v) is 41.8. The summed E-state index contributed by atoms with van der Waals surface area (Å²) in [5, 5.41) is 17.0. The Labute approximate surface area is 691 Å². The third-order valence-electron chi connectivity index (χ3n) is 18.8. The molecule has 5 aromatic heterocycles. The van der Waals surface area contributed by atoms with Crippen LogP contribution in [0.15, 0.2) is 158 Å². The molecule has 4 aliphatic rings. The molecule has 0 bridgehead atoms. The fourth-order valence-electron chi connectivity index (χ4n) is 14.6. The highest BCUT2D eigenvalue weighted by molar-refractivity contribution is 7.47. The molecule has 0 unspecified atom stereocenters. The van der Waals surface area contributed by atoms with Gasteiger partial charge in [-0.2, -0.15) is 9.59 Å². The Morgan fingerprint density at radius 2 is 1.03 bits per heavy atom. The summed E-state index contributed by atoms with van der Waals surface area (Å²) in [6, 6.07) is 45.7. The van der Waals surface area contributed by atoms with Crippen LogP contribution in [-0.4, -0.2) is 159 Å². The fraction of sp³-hybridized carbons (Fsp3) is 0.372. The zero-order chi connectivity index (χ0) is 84.3. The van der Waals surface area contributed by atoms with Crippen LogP contribution in [0.5, 0.6) is 0 Å². The van der Waals surface area contributed by atoms with Crippen LogP contribution in [0.1, 0.15) is 126 Å². The number of carbonyl (C=O) groups is 3. The van der Waals surface area contributed by atoms with Crippen molar-refractivity contribution in [1.82, 2.24) is 45.1 Å². The SMILES string of the molecule is CC(C)(C)OC(=O)CCCN.CC(C)(C)OC(=O)CCCNC(=O)c1ccccc1-c1c(-c2nc3ccccc3s2)c(=O)oc2c3c4c(cc12)CCCN4CCC3.CN(C)[PH+](On1nnc2ccccc21)N(C)C.CNC.FB(F)F.O=C=O.O=c1oc2c3c4c(cc2c(-c2ccccc2)c1-c1nc2ccccc2s1)CCCN4CCC3.[F-]. The molecule has 7 aromatic carbocycles. The average Bonchev–Trinajstić information content (AvgIpc) is 1.01. The van der Waals surface area contributed by atoms with E-state index in [9.17, 15) is 36.9 Å². The number of amides is 1. The maximum Gasteiger partial charge on any atom is 0.762 e. The largest absolute Gasteiger partial charge is 1.00 e. The number of halogens is 4. The number of nitrogens with two attached hydrogens (primary N) is 1. The van der Waals surface area contributed by atoms with Gasteiger partial charge in [0.15, 0.2) is 0 Å². The molecule has 9 heterocycles. The highest BCUT2D eigenvalue weighted by atomic mass is 32.1. The molecule has 624 valence electrons. The Bertz CT molecular complexity index is 5530. The van der Waals surface area contributed by atoms with Crippen molar-refractivity contribution < 1.29 is 64.6 Å². The molecule has 12 aromatic rings. The van der Waals surface area contributed by atoms with Gasteiger partial charge in [-0.15, -0.1) is 37.1 Å². The minimum absolute atomic E-state index is 0. The van der Waals surface area contributed by atoms with E-state index in [1.807, 2.05) is 187 Å². The third kappa shape index (κ3) is 23.0. The van der Waals surface area contributed by atoms with Crippen LogP contribution < -0.4 is 46.7 Å². The lowest BCUT2D eigenvalue weighted by molar-refractivity contribution is -0.191. The third-order valence-corrected chi connectivity index (χ3v) is 22.8. The molecule has 0 aliphatic carbocycles. The van der Waals surface area contributed by atoms with Crippen molar-refractivity contribution in [3.8, 4) is 43.4 Å². The van der Waals surface area contributed by atoms with Gasteiger partial charge < -0.3 is 49.2 Å². The van der Waals surface area contributed by atoms with Gasteiger partial charge in [-0.3, -0.25) is 27.3 Å². The summed E-state index contributed by atoms with van der Waals surface area (Å²) in [4.78, 5) is 97.1. The molecule has 0 atom stereocenters. The van der Waals surface area contributed by atoms with Gasteiger partial charge in [-0.05, 0) is 213 Å². The van der Waals surface area contributed by atoms with E-state index in [0.29, 0.717) is 70.8 Å². The summed E-state index contributed by atoms with van der Waals surface area (Å²) in [6.07, 6.45) is 10.1. The number of thiazole rings is 2. The Morgan fingerprint density at radius 3 is 1.50 bits per heavy atom. The molecule has 1 amide bonds. The molecule has 0 saturated carbocycles. The second-order valence-electron chi connectivity index (χ2n) is 30.4. The zero-order valence-electron chi connectivity index (χ0n) is 68.4. The number of rotatable bonds is 16. The van der Waals surface area contributed by atoms with Gasteiger partial charge in [0.25, 0.3) is 5.91 Å². The summed E-state index contributed by atoms with van der Waals surface area (Å²) in [5.74, 6) is -0.735. The highest BCUT2D eigenvalue weighted by Crippen LogP contribution is 2.49. The molecule has 0 spiro atoms. The number of carbonyl (C=O) groups excluding carboxylic acids is 5. The van der Waals surface area contributed by atoms with Crippen molar-refractivity contribution in [2.45, 2.75) is 130 Å². The maximum absolute atomic E-state index is 14.1. The number of nitrogens with zero attached hydrogens (tertiary/aromatic N) is 9. The molecule has 24 nitrogen and oxygen atoms in total. The fourth-order valence-corrected chi connectivity index (χ4v) is 18.0. The van der Waals surface area contributed by atoms with Crippen molar-refractivity contribution in [1.29, 1.82) is 0 Å². The topological polar surface area (TPSA) is 293 Å². The number of anilines is 2. The second kappa shape index (κ2) is 42.2. The highest BCUT2D eigenvalue weighted by Gasteiger charge is 2.34. The quantitative estimate of drug-likeness (QED) is 0.0202. The van der Waals surface area contributed by atoms with E-state index in [1.54, 1.807) is 17.4 Å². The number of ether oxygens (including phenoxy) is 2. The predicted molar refractivity (Wildman–Crippen MR) is 461 cm³/mol. The summed E-state index contributed by atoms with van der Waals surface area (Å²) < 4.78 is 63.9. The minimum atomic E-state index is -3.67. The smallest absolute Gasteiger partial charge is 0.762 e. The van der Waals surface area contributed by atoms with Crippen LogP contribution in [-0.2, 0) is 54.3 Å². The first-order chi connectivity index (χ1) is 56.1. The summed E-state index contributed by atoms with van der Waals surface area (Å²) in [5.41, 5.74) is 20.5. The molecule has 4 aliphatic heterocycles. The van der Waals surface area contributed by atoms with Crippen molar-refractivity contribution in [2.24, 2.45) is 5.73 Å². The van der Waals surface area contributed by atoms with E-state index in [4.69, 9.17) is 48.2 Å². The van der Waals surface area contributed by atoms with Gasteiger partial charge in [0.1, 0.15) is 54.5 Å². The van der Waals surface area contributed by atoms with Crippen LogP contribution in [0.3, 0.4) is 0 Å². The van der Waals surface area contributed by atoms with E-state index in [-0.39, 0.29) is 46.3 Å². The Morgan fingerprint density at radius 1 is 0.602 bits per heavy atom. The van der Waals surface area contributed by atoms with Crippen molar-refractivity contribution in [3.63, 3.8) is 0 Å². The van der Waals surface area contributed by atoms with Crippen molar-refractivity contribution in [2.75, 3.05) is 91.4 Å². The second-order valence-corrected chi connectivity index (χ2v) is 35.0. The first-order valence-electron chi connectivity index (χ1n) is 38.9. The standard InChI is InChI=1S/C37H37N3O5S.C28H22N2O2S.C10H16N5OP.C8H17NO2.C2H7N.CO2.BF3.FH/c1-37(2,3)45-29(41)17-8-18-38-34(42)24-13-5-4-12-23(24)30-26-21-22-11-9-19-40-20-10-14-25(32(22)40)33(26)44-36(43)31(30)35-39-27-15-6-7-16-28(27)46-35;31-28-24(27-29-21-12-4-5-13-22(21)33-27)23(17-8-2-1-3-9-17)20-16-18-10-6-14-30-15-7-11-19(25(18)30)26(20)32-28;1-13(2)17(14(3)4)16-15-10-8-6-5-7-9(10)11-12-15;1-8(2,3)11-7(10)5-4-6-9;1-3-2;2-1-3;2-1(3)4;/h4-7,12-13,15-16,21H,8-11,14,17-20H2,1-3H3,(H,38,42);1-5,8-9,12-13,16H,6-7,10-11,14-15H2;5-8H,1-4H3;4-6,9H2,1-3H3;3H,1-2H3;;;1H. The van der Waals surface area contributed by atoms with Gasteiger partial charge in [-0.25, -0.2) is 24.2 Å². The van der Waals surface area contributed by atoms with Crippen molar-refractivity contribution in [3.05, 3.63) is 188 Å². The number of aryl methyl sites for hydroxylation is 4. The molecular weight excluding hydrogens is 1570 g/mol. The number of nitrogens with one attached hydrogen (secondary N) is 2. The number of esters is 2. The molecule has 118 heavy (non-hydrogen) atoms. The van der Waals surface area contributed by atoms with Gasteiger partial charge in [0.05, 0.1) is 20.4 Å². The van der Waals surface area contributed by atoms with Crippen molar-refractivity contribution >= 4 is 127 Å². The summed E-state index contributed by atoms with van der Waals surface area (Å²) in [7, 11) is 6.79. The van der Waals surface area contributed by atoms with Crippen LogP contribution in [0.4, 0.5) is 24.3 Å². The molecule has 0 saturated heterocycles. The molecule has 4 N–H and O–H groups in total. The lowest BCUT2D eigenvalue weighted by Gasteiger charge is -2.37. The first kappa shape index (κ1) is 91.3. The van der Waals surface area contributed by atoms with Gasteiger partial charge in [-0.1, -0.05) is 84.9 Å². The van der Waals surface area contributed by atoms with E-state index in [0.717, 1.165) is 141 Å². The predicted octanol–water partition coefficient (Wildman–Crippen LogP) is 12.9. The Kier molecular flexibility index (Phi) is 32.6. The van der Waals surface area contributed by atoms with Gasteiger partial charge in [0.2, 0.25) is 0 Å². The van der Waals surface area contributed by atoms with Crippen LogP contribution in [0.2, 0.25) is 0 Å². The zero-order valence-corrected chi connectivity index (χ0v) is 71.0. The normalized spacial score (nSPS) is 13.1. The molecule has 16 rings (SSSR count). The molecule has 0 radical (unpaired) electrons. The molecule has 32 heteroatoms. The van der Waals surface area contributed by atoms with Gasteiger partial charge >= 0.3 is 45.3 Å². The van der Waals surface area contributed by atoms with E-state index in [2.05, 4.69) is 70.4 Å². The monoisotopic (exact) mass is 1670 g/mol. The average molecular weight is 1680 g/mol. The van der Waals surface area contributed by atoms with E-state index >= 15 is 0 Å². The summed E-state index contributed by atoms with van der Waals surface area (Å²) in [6.45, 7) is 16.1. The minimum Gasteiger partial charge on any atom is -1.00 e. The van der Waals surface area contributed by atoms with Crippen LogP contribution in [0.25, 0.3) is 96.8 Å². The number of hydrogen-bond acceptors (Lipinski definition) is 24. The summed E-state index contributed by atoms with van der Waals surface area (Å²) >= 11 is 3.00. The van der Waals surface area contributed by atoms with Crippen LogP contribution >= 0.6 is 31.1 Å². The lowest BCUT2D eigenvalue weighted by atomic mass is 9.86. The number of aromatic nitrogens is 5.